The van der Waals surface area contributed by atoms with Gasteiger partial charge in [-0.15, -0.1) is 0 Å². The summed E-state index contributed by atoms with van der Waals surface area (Å²) in [6, 6.07) is 14.0. The lowest BCUT2D eigenvalue weighted by atomic mass is 10.1. The highest BCUT2D eigenvalue weighted by Crippen LogP contribution is 2.25. The zero-order chi connectivity index (χ0) is 28.3. The van der Waals surface area contributed by atoms with Crippen LogP contribution in [0.2, 0.25) is 0 Å². The van der Waals surface area contributed by atoms with Gasteiger partial charge in [0.2, 0.25) is 10.0 Å². The molecule has 0 radical (unpaired) electrons. The summed E-state index contributed by atoms with van der Waals surface area (Å²) in [6.07, 6.45) is 3.19. The number of aliphatic hydroxyl groups is 1. The highest BCUT2D eigenvalue weighted by atomic mass is 32.2. The van der Waals surface area contributed by atoms with E-state index >= 15 is 0 Å². The maximum absolute atomic E-state index is 12.6. The molecule has 0 amide bonds. The van der Waals surface area contributed by atoms with E-state index in [9.17, 15) is 23.4 Å². The number of nitrogens with two attached hydrogens (primary N) is 1. The van der Waals surface area contributed by atoms with E-state index in [1.165, 1.54) is 26.5 Å². The maximum Gasteiger partial charge on any atom is 0.352 e. The number of hydrogen-bond acceptors (Lipinski definition) is 8. The summed E-state index contributed by atoms with van der Waals surface area (Å²) in [4.78, 5) is 17.9. The van der Waals surface area contributed by atoms with Crippen molar-refractivity contribution >= 4 is 33.2 Å². The standard InChI is InChI=1S/C27H34N6O5S/c1-18(29-15-26(34)32-10-9-25(28)30-17-32)11-19-7-8-23-21(12-19)14-24(27(35)36)33(23)16-20-5-4-6-22(13-20)39(37,38)31(2)3/h4-9,12-14,17-18,26,29,34H,10-11,15-16,28H2,1-3H3,(H,35,36). The summed E-state index contributed by atoms with van der Waals surface area (Å²) in [6.45, 7) is 3.05. The van der Waals surface area contributed by atoms with E-state index in [0.29, 0.717) is 30.9 Å². The van der Waals surface area contributed by atoms with Gasteiger partial charge >= 0.3 is 5.97 Å². The number of carboxylic acid groups (broad SMARTS) is 1. The number of aliphatic hydroxyl groups excluding tert-OH is 1. The fraction of sp³-hybridized carbons (Fsp3) is 0.333. The Morgan fingerprint density at radius 2 is 1.95 bits per heavy atom. The second-order valence-electron chi connectivity index (χ2n) is 9.81. The summed E-state index contributed by atoms with van der Waals surface area (Å²) in [5.74, 6) is -0.632. The molecule has 1 aliphatic heterocycles. The molecule has 0 spiro atoms. The molecule has 1 aliphatic rings. The van der Waals surface area contributed by atoms with Gasteiger partial charge in [-0.05, 0) is 60.9 Å². The van der Waals surface area contributed by atoms with Gasteiger partial charge < -0.3 is 30.7 Å². The van der Waals surface area contributed by atoms with Gasteiger partial charge in [-0.3, -0.25) is 0 Å². The van der Waals surface area contributed by atoms with Crippen molar-refractivity contribution in [1.29, 1.82) is 0 Å². The molecular formula is C27H34N6O5S. The van der Waals surface area contributed by atoms with E-state index < -0.39 is 22.2 Å². The van der Waals surface area contributed by atoms with Gasteiger partial charge in [-0.25, -0.2) is 22.5 Å². The minimum Gasteiger partial charge on any atom is -0.477 e. The Labute approximate surface area is 227 Å². The lowest BCUT2D eigenvalue weighted by Gasteiger charge is -2.27. The van der Waals surface area contributed by atoms with Gasteiger partial charge in [0.15, 0.2) is 0 Å². The number of aliphatic imine (C=N–C) groups is 1. The molecule has 0 saturated carbocycles. The highest BCUT2D eigenvalue weighted by Gasteiger charge is 2.20. The second kappa shape index (κ2) is 11.6. The van der Waals surface area contributed by atoms with Crippen molar-refractivity contribution in [3.8, 4) is 0 Å². The Bertz CT molecular complexity index is 1530. The number of benzene rings is 2. The van der Waals surface area contributed by atoms with Crippen LogP contribution in [0.1, 0.15) is 28.5 Å². The van der Waals surface area contributed by atoms with Gasteiger partial charge in [0, 0.05) is 50.7 Å². The molecule has 208 valence electrons. The van der Waals surface area contributed by atoms with Crippen molar-refractivity contribution in [2.24, 2.45) is 10.7 Å². The van der Waals surface area contributed by atoms with Gasteiger partial charge in [0.1, 0.15) is 17.7 Å². The van der Waals surface area contributed by atoms with Crippen LogP contribution in [0.15, 0.2) is 70.3 Å². The Hall–Kier alpha value is -3.71. The van der Waals surface area contributed by atoms with E-state index in [2.05, 4.69) is 10.3 Å². The number of nitrogens with one attached hydrogen (secondary N) is 1. The number of aromatic nitrogens is 1. The molecule has 39 heavy (non-hydrogen) atoms. The molecule has 0 bridgehead atoms. The Kier molecular flexibility index (Phi) is 8.40. The highest BCUT2D eigenvalue weighted by molar-refractivity contribution is 7.89. The summed E-state index contributed by atoms with van der Waals surface area (Å²) < 4.78 is 28.0. The van der Waals surface area contributed by atoms with Gasteiger partial charge in [-0.1, -0.05) is 18.2 Å². The number of fused-ring (bicyclic) bond motifs is 1. The molecule has 0 aliphatic carbocycles. The predicted octanol–water partition coefficient (Wildman–Crippen LogP) is 1.62. The lowest BCUT2D eigenvalue weighted by molar-refractivity contribution is 0.0606. The van der Waals surface area contributed by atoms with Gasteiger partial charge in [0.05, 0.1) is 11.2 Å². The number of carbonyl (C=O) groups is 1. The third-order valence-electron chi connectivity index (χ3n) is 6.64. The smallest absolute Gasteiger partial charge is 0.352 e. The number of aromatic carboxylic acids is 1. The van der Waals surface area contributed by atoms with Crippen LogP contribution in [-0.2, 0) is 23.0 Å². The van der Waals surface area contributed by atoms with E-state index in [0.717, 1.165) is 20.8 Å². The number of hydrogen-bond donors (Lipinski definition) is 4. The predicted molar refractivity (Wildman–Crippen MR) is 150 cm³/mol. The summed E-state index contributed by atoms with van der Waals surface area (Å²) in [7, 11) is -0.674. The molecule has 2 heterocycles. The zero-order valence-electron chi connectivity index (χ0n) is 22.2. The van der Waals surface area contributed by atoms with Crippen LogP contribution < -0.4 is 11.1 Å². The van der Waals surface area contributed by atoms with Crippen molar-refractivity contribution in [3.05, 3.63) is 77.2 Å². The average Bonchev–Trinajstić information content (AvgIpc) is 3.25. The molecule has 2 aromatic carbocycles. The molecule has 1 aromatic heterocycles. The molecule has 12 heteroatoms. The van der Waals surface area contributed by atoms with E-state index in [1.54, 1.807) is 39.8 Å². The molecule has 4 rings (SSSR count). The largest absolute Gasteiger partial charge is 0.477 e. The Balaban J connectivity index is 1.49. The molecule has 3 aromatic rings. The van der Waals surface area contributed by atoms with Crippen LogP contribution in [0.3, 0.4) is 0 Å². The molecule has 2 unspecified atom stereocenters. The summed E-state index contributed by atoms with van der Waals surface area (Å²) >= 11 is 0. The number of carboxylic acids is 1. The Morgan fingerprint density at radius 1 is 1.18 bits per heavy atom. The fourth-order valence-corrected chi connectivity index (χ4v) is 5.45. The molecule has 5 N–H and O–H groups in total. The van der Waals surface area contributed by atoms with E-state index in [4.69, 9.17) is 5.73 Å². The van der Waals surface area contributed by atoms with E-state index in [-0.39, 0.29) is 23.2 Å². The first kappa shape index (κ1) is 28.3. The first-order valence-electron chi connectivity index (χ1n) is 12.5. The molecule has 0 fully saturated rings. The summed E-state index contributed by atoms with van der Waals surface area (Å²) in [5.41, 5.74) is 8.18. The topological polar surface area (TPSA) is 153 Å². The van der Waals surface area contributed by atoms with Gasteiger partial charge in [-0.2, -0.15) is 0 Å². The SMILES string of the molecule is CC(Cc1ccc2c(c1)cc(C(=O)O)n2Cc1cccc(S(=O)(=O)N(C)C)c1)NCC(O)N1C=NC(N)=CC1. The van der Waals surface area contributed by atoms with Crippen molar-refractivity contribution in [1.82, 2.24) is 19.1 Å². The first-order valence-corrected chi connectivity index (χ1v) is 13.9. The van der Waals surface area contributed by atoms with Crippen molar-refractivity contribution in [2.75, 3.05) is 27.2 Å². The summed E-state index contributed by atoms with van der Waals surface area (Å²) in [5, 5.41) is 24.4. The second-order valence-corrected chi connectivity index (χ2v) is 12.0. The first-order chi connectivity index (χ1) is 18.5. The quantitative estimate of drug-likeness (QED) is 0.279. The van der Waals surface area contributed by atoms with Crippen molar-refractivity contribution in [2.45, 2.75) is 37.1 Å². The third-order valence-corrected chi connectivity index (χ3v) is 8.45. The average molecular weight is 555 g/mol. The minimum atomic E-state index is -3.61. The third kappa shape index (κ3) is 6.48. The van der Waals surface area contributed by atoms with Crippen LogP contribution in [-0.4, -0.2) is 84.2 Å². The van der Waals surface area contributed by atoms with Crippen LogP contribution in [0, 0.1) is 0 Å². The normalized spacial score (nSPS) is 15.5. The van der Waals surface area contributed by atoms with Crippen molar-refractivity contribution < 1.29 is 23.4 Å². The Morgan fingerprint density at radius 3 is 2.62 bits per heavy atom. The number of nitrogens with zero attached hydrogens (tertiary/aromatic N) is 4. The van der Waals surface area contributed by atoms with Crippen LogP contribution in [0.25, 0.3) is 10.9 Å². The molecule has 2 atom stereocenters. The monoisotopic (exact) mass is 554 g/mol. The number of rotatable bonds is 11. The van der Waals surface area contributed by atoms with Gasteiger partial charge in [0.25, 0.3) is 0 Å². The maximum atomic E-state index is 12.6. The number of sulfonamides is 1. The molecular weight excluding hydrogens is 520 g/mol. The zero-order valence-corrected chi connectivity index (χ0v) is 23.0. The van der Waals surface area contributed by atoms with Crippen molar-refractivity contribution in [3.63, 3.8) is 0 Å². The molecule has 0 saturated heterocycles. The van der Waals surface area contributed by atoms with E-state index in [1.807, 2.05) is 25.1 Å². The molecule has 11 nitrogen and oxygen atoms in total. The fourth-order valence-electron chi connectivity index (χ4n) is 4.48. The minimum absolute atomic E-state index is 0.0434. The van der Waals surface area contributed by atoms with Crippen LogP contribution >= 0.6 is 0 Å². The van der Waals surface area contributed by atoms with Crippen LogP contribution in [0.5, 0.6) is 0 Å². The lowest BCUT2D eigenvalue weighted by Crippen LogP contribution is -2.45. The van der Waals surface area contributed by atoms with Crippen LogP contribution in [0.4, 0.5) is 0 Å².